The average molecular weight is 234 g/mol. The van der Waals surface area contributed by atoms with Crippen LogP contribution in [0.2, 0.25) is 0 Å². The molecule has 4 nitrogen and oxygen atoms in total. The fourth-order valence-corrected chi connectivity index (χ4v) is 2.76. The number of anilines is 1. The Morgan fingerprint density at radius 3 is 2.76 bits per heavy atom. The fraction of sp³-hybridized carbons (Fsp3) is 0.692. The Balaban J connectivity index is 2.34. The summed E-state index contributed by atoms with van der Waals surface area (Å²) in [5.41, 5.74) is 6.91. The van der Waals surface area contributed by atoms with E-state index < -0.39 is 0 Å². The lowest BCUT2D eigenvalue weighted by Gasteiger charge is -2.41. The van der Waals surface area contributed by atoms with Crippen LogP contribution in [0.25, 0.3) is 0 Å². The Labute approximate surface area is 103 Å². The van der Waals surface area contributed by atoms with Gasteiger partial charge in [-0.2, -0.15) is 0 Å². The van der Waals surface area contributed by atoms with Crippen molar-refractivity contribution < 1.29 is 0 Å². The minimum Gasteiger partial charge on any atom is -0.350 e. The van der Waals surface area contributed by atoms with E-state index in [-0.39, 0.29) is 0 Å². The highest BCUT2D eigenvalue weighted by Crippen LogP contribution is 2.27. The molecule has 2 unspecified atom stereocenters. The van der Waals surface area contributed by atoms with Crippen molar-refractivity contribution in [2.75, 3.05) is 11.4 Å². The molecule has 2 N–H and O–H groups in total. The van der Waals surface area contributed by atoms with Gasteiger partial charge >= 0.3 is 0 Å². The number of piperidine rings is 1. The molecule has 1 aliphatic rings. The summed E-state index contributed by atoms with van der Waals surface area (Å²) in [7, 11) is 0. The zero-order chi connectivity index (χ0) is 12.4. The Bertz CT molecular complexity index is 371. The van der Waals surface area contributed by atoms with Crippen LogP contribution < -0.4 is 10.6 Å². The van der Waals surface area contributed by atoms with Crippen LogP contribution in [0.4, 0.5) is 5.82 Å². The Hall–Kier alpha value is -1.16. The highest BCUT2D eigenvalue weighted by Gasteiger charge is 2.28. The summed E-state index contributed by atoms with van der Waals surface area (Å²) < 4.78 is 0. The van der Waals surface area contributed by atoms with Crippen LogP contribution in [0.3, 0.4) is 0 Å². The first-order valence-electron chi connectivity index (χ1n) is 6.42. The van der Waals surface area contributed by atoms with Gasteiger partial charge in [-0.3, -0.25) is 0 Å². The molecule has 17 heavy (non-hydrogen) atoms. The van der Waals surface area contributed by atoms with E-state index in [9.17, 15) is 0 Å². The van der Waals surface area contributed by atoms with Gasteiger partial charge in [-0.1, -0.05) is 0 Å². The van der Waals surface area contributed by atoms with E-state index in [1.165, 1.54) is 19.3 Å². The van der Waals surface area contributed by atoms with Crippen molar-refractivity contribution in [3.63, 3.8) is 0 Å². The molecule has 0 saturated carbocycles. The quantitative estimate of drug-likeness (QED) is 0.847. The lowest BCUT2D eigenvalue weighted by atomic mass is 9.96. The molecular weight excluding hydrogens is 212 g/mol. The summed E-state index contributed by atoms with van der Waals surface area (Å²) in [5.74, 6) is 1.88. The summed E-state index contributed by atoms with van der Waals surface area (Å²) in [6.45, 7) is 6.92. The van der Waals surface area contributed by atoms with Crippen LogP contribution in [0.1, 0.15) is 37.7 Å². The first kappa shape index (κ1) is 12.3. The number of aryl methyl sites for hydroxylation is 2. The molecule has 0 radical (unpaired) electrons. The molecule has 2 atom stereocenters. The molecule has 1 aromatic rings. The summed E-state index contributed by atoms with van der Waals surface area (Å²) in [5, 5.41) is 0. The largest absolute Gasteiger partial charge is 0.350 e. The zero-order valence-electron chi connectivity index (χ0n) is 11.0. The second-order valence-corrected chi connectivity index (χ2v) is 4.99. The molecule has 0 bridgehead atoms. The van der Waals surface area contributed by atoms with Crippen molar-refractivity contribution in [1.82, 2.24) is 9.97 Å². The van der Waals surface area contributed by atoms with E-state index in [1.807, 2.05) is 13.8 Å². The molecule has 1 aromatic heterocycles. The highest BCUT2D eigenvalue weighted by atomic mass is 15.3. The third-order valence-corrected chi connectivity index (χ3v) is 3.52. The van der Waals surface area contributed by atoms with Crippen LogP contribution in [0, 0.1) is 13.8 Å². The maximum absolute atomic E-state index is 5.88. The predicted molar refractivity (Wildman–Crippen MR) is 70.1 cm³/mol. The van der Waals surface area contributed by atoms with Gasteiger partial charge in [0.15, 0.2) is 0 Å². The summed E-state index contributed by atoms with van der Waals surface area (Å²) in [4.78, 5) is 11.3. The van der Waals surface area contributed by atoms with E-state index in [4.69, 9.17) is 5.73 Å². The third kappa shape index (κ3) is 2.57. The SMILES string of the molecule is Cc1cc(N2C(C)CCCC2CN)nc(C)n1. The second-order valence-electron chi connectivity index (χ2n) is 4.99. The Kier molecular flexibility index (Phi) is 3.62. The van der Waals surface area contributed by atoms with Gasteiger partial charge in [0.2, 0.25) is 0 Å². The van der Waals surface area contributed by atoms with E-state index >= 15 is 0 Å². The summed E-state index contributed by atoms with van der Waals surface area (Å²) in [6.07, 6.45) is 3.66. The van der Waals surface area contributed by atoms with Gasteiger partial charge in [-0.15, -0.1) is 0 Å². The molecule has 1 saturated heterocycles. The van der Waals surface area contributed by atoms with E-state index in [2.05, 4.69) is 27.9 Å². The fourth-order valence-electron chi connectivity index (χ4n) is 2.76. The molecule has 4 heteroatoms. The van der Waals surface area contributed by atoms with Crippen LogP contribution in [0.15, 0.2) is 6.07 Å². The Morgan fingerprint density at radius 1 is 1.35 bits per heavy atom. The van der Waals surface area contributed by atoms with Gasteiger partial charge in [-0.25, -0.2) is 9.97 Å². The topological polar surface area (TPSA) is 55.0 Å². The number of rotatable bonds is 2. The maximum atomic E-state index is 5.88. The standard InChI is InChI=1S/C13H22N4/c1-9-7-13(16-11(3)15-9)17-10(2)5-4-6-12(17)8-14/h7,10,12H,4-6,8,14H2,1-3H3. The molecule has 1 fully saturated rings. The van der Waals surface area contributed by atoms with Crippen LogP contribution in [0.5, 0.6) is 0 Å². The van der Waals surface area contributed by atoms with Crippen molar-refractivity contribution in [2.24, 2.45) is 5.73 Å². The van der Waals surface area contributed by atoms with Gasteiger partial charge in [0.25, 0.3) is 0 Å². The first-order chi connectivity index (χ1) is 8.11. The number of hydrogen-bond donors (Lipinski definition) is 1. The molecule has 0 aliphatic carbocycles. The van der Waals surface area contributed by atoms with Crippen LogP contribution >= 0.6 is 0 Å². The smallest absolute Gasteiger partial charge is 0.133 e. The lowest BCUT2D eigenvalue weighted by Crippen LogP contribution is -2.49. The molecule has 94 valence electrons. The molecule has 0 amide bonds. The zero-order valence-corrected chi connectivity index (χ0v) is 11.0. The summed E-state index contributed by atoms with van der Waals surface area (Å²) in [6, 6.07) is 3.01. The van der Waals surface area contributed by atoms with E-state index in [0.717, 1.165) is 17.3 Å². The second kappa shape index (κ2) is 5.00. The lowest BCUT2D eigenvalue weighted by molar-refractivity contribution is 0.397. The van der Waals surface area contributed by atoms with Crippen molar-refractivity contribution in [3.8, 4) is 0 Å². The van der Waals surface area contributed by atoms with Crippen LogP contribution in [-0.2, 0) is 0 Å². The van der Waals surface area contributed by atoms with Crippen LogP contribution in [-0.4, -0.2) is 28.6 Å². The number of nitrogens with two attached hydrogens (primary N) is 1. The minimum atomic E-state index is 0.424. The monoisotopic (exact) mass is 234 g/mol. The van der Waals surface area contributed by atoms with Crippen molar-refractivity contribution in [3.05, 3.63) is 17.6 Å². The highest BCUT2D eigenvalue weighted by molar-refractivity contribution is 5.43. The molecule has 2 rings (SSSR count). The average Bonchev–Trinajstić information content (AvgIpc) is 2.27. The minimum absolute atomic E-state index is 0.424. The van der Waals surface area contributed by atoms with Crippen molar-refractivity contribution >= 4 is 5.82 Å². The maximum Gasteiger partial charge on any atom is 0.133 e. The molecule has 0 aromatic carbocycles. The van der Waals surface area contributed by atoms with Gasteiger partial charge in [0, 0.05) is 30.4 Å². The molecular formula is C13H22N4. The molecule has 1 aliphatic heterocycles. The normalized spacial score (nSPS) is 25.1. The third-order valence-electron chi connectivity index (χ3n) is 3.52. The van der Waals surface area contributed by atoms with Gasteiger partial charge in [0.05, 0.1) is 0 Å². The molecule has 0 spiro atoms. The van der Waals surface area contributed by atoms with Gasteiger partial charge in [-0.05, 0) is 40.0 Å². The number of nitrogens with zero attached hydrogens (tertiary/aromatic N) is 3. The predicted octanol–water partition coefficient (Wildman–Crippen LogP) is 1.80. The summed E-state index contributed by atoms with van der Waals surface area (Å²) >= 11 is 0. The van der Waals surface area contributed by atoms with Gasteiger partial charge < -0.3 is 10.6 Å². The van der Waals surface area contributed by atoms with E-state index in [0.29, 0.717) is 18.6 Å². The van der Waals surface area contributed by atoms with Crippen molar-refractivity contribution in [1.29, 1.82) is 0 Å². The molecule has 2 heterocycles. The number of aromatic nitrogens is 2. The number of hydrogen-bond acceptors (Lipinski definition) is 4. The van der Waals surface area contributed by atoms with Gasteiger partial charge in [0.1, 0.15) is 11.6 Å². The van der Waals surface area contributed by atoms with E-state index in [1.54, 1.807) is 0 Å². The van der Waals surface area contributed by atoms with Crippen molar-refractivity contribution in [2.45, 2.75) is 52.1 Å². The Morgan fingerprint density at radius 2 is 2.12 bits per heavy atom. The first-order valence-corrected chi connectivity index (χ1v) is 6.42.